The molecule has 51 heavy (non-hydrogen) atoms. The molecule has 6 atom stereocenters. The first-order chi connectivity index (χ1) is 24.3. The van der Waals surface area contributed by atoms with Gasteiger partial charge in [-0.2, -0.15) is 0 Å². The van der Waals surface area contributed by atoms with E-state index in [0.717, 1.165) is 24.9 Å². The van der Waals surface area contributed by atoms with Crippen molar-refractivity contribution in [2.75, 3.05) is 40.1 Å². The van der Waals surface area contributed by atoms with Crippen molar-refractivity contribution >= 4 is 41.0 Å². The summed E-state index contributed by atoms with van der Waals surface area (Å²) in [6, 6.07) is 9.61. The summed E-state index contributed by atoms with van der Waals surface area (Å²) in [4.78, 5) is 94.4. The fourth-order valence-electron chi connectivity index (χ4n) is 7.92. The molecule has 5 amide bonds. The van der Waals surface area contributed by atoms with Gasteiger partial charge in [0, 0.05) is 52.1 Å². The Hall–Kier alpha value is -4.85. The topological polar surface area (TPSA) is 179 Å². The number of nitrogens with zero attached hydrogens (tertiary/aromatic N) is 3. The Balaban J connectivity index is 1.24. The fraction of sp³-hybridized carbons (Fsp3) is 0.541. The number of anilines is 1. The van der Waals surface area contributed by atoms with Gasteiger partial charge in [0.2, 0.25) is 29.4 Å². The third-order valence-electron chi connectivity index (χ3n) is 10.5. The highest BCUT2D eigenvalue weighted by molar-refractivity contribution is 6.36. The van der Waals surface area contributed by atoms with Gasteiger partial charge in [-0.05, 0) is 87.1 Å². The second kappa shape index (κ2) is 16.4. The first-order valence-corrected chi connectivity index (χ1v) is 17.7. The highest BCUT2D eigenvalue weighted by Crippen LogP contribution is 2.40. The number of carbonyl (C=O) groups excluding carboxylic acids is 6. The number of hydrogen-bond acceptors (Lipinski definition) is 8. The molecule has 1 saturated heterocycles. The summed E-state index contributed by atoms with van der Waals surface area (Å²) in [5, 5.41) is 10.7. The van der Waals surface area contributed by atoms with Gasteiger partial charge >= 0.3 is 0 Å². The molecule has 2 heterocycles. The Morgan fingerprint density at radius 3 is 2.43 bits per heavy atom. The van der Waals surface area contributed by atoms with E-state index in [1.54, 1.807) is 19.0 Å². The summed E-state index contributed by atoms with van der Waals surface area (Å²) in [7, 11) is 6.79. The van der Waals surface area contributed by atoms with Gasteiger partial charge in [0.15, 0.2) is 0 Å². The van der Waals surface area contributed by atoms with Crippen LogP contribution in [0, 0.1) is 23.7 Å². The van der Waals surface area contributed by atoms with Gasteiger partial charge < -0.3 is 30.7 Å². The first-order valence-electron chi connectivity index (χ1n) is 17.7. The summed E-state index contributed by atoms with van der Waals surface area (Å²) in [5.74, 6) is -2.92. The lowest BCUT2D eigenvalue weighted by Gasteiger charge is -2.48. The predicted molar refractivity (Wildman–Crippen MR) is 189 cm³/mol. The van der Waals surface area contributed by atoms with Gasteiger partial charge in [0.05, 0.1) is 6.17 Å². The van der Waals surface area contributed by atoms with Crippen LogP contribution in [-0.2, 0) is 48.2 Å². The van der Waals surface area contributed by atoms with Gasteiger partial charge in [-0.15, -0.1) is 0 Å². The number of amides is 5. The highest BCUT2D eigenvalue weighted by Gasteiger charge is 2.43. The van der Waals surface area contributed by atoms with Crippen LogP contribution < -0.4 is 26.8 Å². The zero-order chi connectivity index (χ0) is 36.8. The highest BCUT2D eigenvalue weighted by atomic mass is 16.2. The van der Waals surface area contributed by atoms with Gasteiger partial charge in [0.1, 0.15) is 18.3 Å². The van der Waals surface area contributed by atoms with E-state index in [1.807, 2.05) is 31.3 Å². The van der Waals surface area contributed by atoms with Gasteiger partial charge in [-0.3, -0.25) is 38.5 Å². The van der Waals surface area contributed by atoms with Gasteiger partial charge in [0.25, 0.3) is 11.5 Å². The number of fused-ring (bicyclic) bond motifs is 3. The second-order valence-corrected chi connectivity index (χ2v) is 14.4. The number of likely N-dealkylation sites (tertiary alicyclic amines) is 1. The smallest absolute Gasteiger partial charge is 0.287 e. The maximum Gasteiger partial charge on any atom is 0.287 e. The maximum absolute atomic E-state index is 13.6. The summed E-state index contributed by atoms with van der Waals surface area (Å²) < 4.78 is 1.19. The third-order valence-corrected chi connectivity index (χ3v) is 10.5. The van der Waals surface area contributed by atoms with E-state index in [1.165, 1.54) is 35.5 Å². The van der Waals surface area contributed by atoms with E-state index >= 15 is 0 Å². The molecule has 2 aliphatic carbocycles. The summed E-state index contributed by atoms with van der Waals surface area (Å²) in [6.07, 6.45) is 4.93. The monoisotopic (exact) mass is 703 g/mol. The normalized spacial score (nSPS) is 23.2. The first kappa shape index (κ1) is 37.4. The zero-order valence-corrected chi connectivity index (χ0v) is 29.8. The molecule has 2 fully saturated rings. The van der Waals surface area contributed by atoms with Crippen LogP contribution in [0.1, 0.15) is 49.7 Å². The SMILES string of the molecule is CNC(=O)C(=O)CCC(NC(=O)C1CCc2ccccc2C1)C(=O)Nc1cccn(CC(=O)NC2C3CC(CC(C(=O)N(C)C)C3)CN2C)c1=O. The van der Waals surface area contributed by atoms with Crippen LogP contribution in [0.15, 0.2) is 47.4 Å². The molecule has 1 aliphatic heterocycles. The summed E-state index contributed by atoms with van der Waals surface area (Å²) in [6.45, 7) is 0.452. The Morgan fingerprint density at radius 1 is 0.961 bits per heavy atom. The number of aryl methyl sites for hydroxylation is 1. The molecule has 2 aromatic rings. The molecule has 1 aromatic heterocycles. The van der Waals surface area contributed by atoms with Gasteiger partial charge in [-0.1, -0.05) is 24.3 Å². The standard InChI is InChI=1S/C37H49N7O7/c1-38-35(49)30(45)14-13-28(39-33(47)25-12-11-23-8-5-6-9-24(23)18-25)34(48)40-29-10-7-15-44(37(29)51)21-31(46)41-32-26-16-22(20-43(32)4)17-27(19-26)36(50)42(2)3/h5-10,15,22,25-28,32H,11-14,16-21H2,1-4H3,(H,38,49)(H,39,47)(H,40,48)(H,41,46). The largest absolute Gasteiger partial charge is 0.353 e. The summed E-state index contributed by atoms with van der Waals surface area (Å²) >= 11 is 0. The molecule has 1 aromatic carbocycles. The molecule has 3 aliphatic rings. The van der Waals surface area contributed by atoms with Crippen molar-refractivity contribution in [1.29, 1.82) is 0 Å². The molecule has 274 valence electrons. The molecule has 5 rings (SSSR count). The number of pyridine rings is 1. The van der Waals surface area contributed by atoms with E-state index in [9.17, 15) is 33.6 Å². The molecule has 14 heteroatoms. The van der Waals surface area contributed by atoms with E-state index in [2.05, 4.69) is 26.2 Å². The number of rotatable bonds is 12. The predicted octanol–water partition coefficient (Wildman–Crippen LogP) is 0.680. The number of likely N-dealkylation sites (N-methyl/N-ethyl adjacent to an activating group) is 1. The maximum atomic E-state index is 13.6. The number of aromatic nitrogens is 1. The van der Waals surface area contributed by atoms with Crippen LogP contribution in [-0.4, -0.2) is 96.6 Å². The fourth-order valence-corrected chi connectivity index (χ4v) is 7.92. The number of carbonyl (C=O) groups is 6. The van der Waals surface area contributed by atoms with E-state index in [-0.39, 0.29) is 66.7 Å². The zero-order valence-electron chi connectivity index (χ0n) is 29.8. The molecule has 1 saturated carbocycles. The minimum absolute atomic E-state index is 0.0883. The van der Waals surface area contributed by atoms with Crippen molar-refractivity contribution in [3.63, 3.8) is 0 Å². The van der Waals surface area contributed by atoms with Crippen LogP contribution in [0.5, 0.6) is 0 Å². The number of hydrogen-bond donors (Lipinski definition) is 4. The summed E-state index contributed by atoms with van der Waals surface area (Å²) in [5.41, 5.74) is 1.52. The quantitative estimate of drug-likeness (QED) is 0.233. The minimum Gasteiger partial charge on any atom is -0.353 e. The lowest BCUT2D eigenvalue weighted by Crippen LogP contribution is -2.59. The van der Waals surface area contributed by atoms with Crippen LogP contribution in [0.25, 0.3) is 0 Å². The molecule has 2 bridgehead atoms. The Labute approximate surface area is 297 Å². The van der Waals surface area contributed by atoms with E-state index < -0.39 is 29.2 Å². The molecule has 6 unspecified atom stereocenters. The van der Waals surface area contributed by atoms with Crippen molar-refractivity contribution < 1.29 is 28.8 Å². The Kier molecular flexibility index (Phi) is 12.1. The number of piperidine rings is 1. The average Bonchev–Trinajstić information content (AvgIpc) is 3.11. The number of ketones is 1. The van der Waals surface area contributed by atoms with Gasteiger partial charge in [-0.25, -0.2) is 0 Å². The van der Waals surface area contributed by atoms with Crippen LogP contribution >= 0.6 is 0 Å². The second-order valence-electron chi connectivity index (χ2n) is 14.4. The molecular formula is C37H49N7O7. The number of nitrogens with one attached hydrogen (secondary N) is 4. The van der Waals surface area contributed by atoms with Crippen molar-refractivity contribution in [1.82, 2.24) is 30.3 Å². The molecule has 4 N–H and O–H groups in total. The van der Waals surface area contributed by atoms with Crippen molar-refractivity contribution in [2.24, 2.45) is 23.7 Å². The van der Waals surface area contributed by atoms with Crippen molar-refractivity contribution in [3.05, 3.63) is 64.1 Å². The lowest BCUT2D eigenvalue weighted by molar-refractivity contribution is -0.138. The van der Waals surface area contributed by atoms with Crippen LogP contribution in [0.4, 0.5) is 5.69 Å². The molecule has 14 nitrogen and oxygen atoms in total. The molecule has 0 radical (unpaired) electrons. The van der Waals surface area contributed by atoms with E-state index in [0.29, 0.717) is 31.6 Å². The van der Waals surface area contributed by atoms with Crippen LogP contribution in [0.2, 0.25) is 0 Å². The van der Waals surface area contributed by atoms with Crippen LogP contribution in [0.3, 0.4) is 0 Å². The van der Waals surface area contributed by atoms with E-state index in [4.69, 9.17) is 0 Å². The average molecular weight is 704 g/mol. The lowest BCUT2D eigenvalue weighted by atomic mass is 9.70. The Bertz CT molecular complexity index is 1720. The molecule has 0 spiro atoms. The number of Topliss-reactive ketones (excluding diaryl/α,β-unsaturated/α-hetero) is 1. The molecular weight excluding hydrogens is 654 g/mol. The third kappa shape index (κ3) is 9.09. The van der Waals surface area contributed by atoms with Crippen molar-refractivity contribution in [2.45, 2.75) is 70.1 Å². The van der Waals surface area contributed by atoms with Crippen molar-refractivity contribution in [3.8, 4) is 0 Å². The minimum atomic E-state index is -1.20. The Morgan fingerprint density at radius 2 is 1.71 bits per heavy atom. The number of benzene rings is 1.